The van der Waals surface area contributed by atoms with Crippen LogP contribution in [0.5, 0.6) is 0 Å². The van der Waals surface area contributed by atoms with E-state index in [-0.39, 0.29) is 6.42 Å². The standard InChI is InChI=1S/C4H3N2O.Na/c5-2-1-4(7)3-6;/h7H,1H2;. The maximum absolute atomic E-state index is 8.80. The molecule has 0 saturated carbocycles. The van der Waals surface area contributed by atoms with Crippen LogP contribution < -0.4 is 0 Å². The Balaban J connectivity index is 3.82. The topological polar surface area (TPSA) is 67.8 Å². The van der Waals surface area contributed by atoms with Gasteiger partial charge in [-0.15, -0.1) is 0 Å². The number of rotatable bonds is 1. The number of aliphatic hydroxyl groups is 1. The van der Waals surface area contributed by atoms with Crippen LogP contribution in [0.15, 0.2) is 0 Å². The van der Waals surface area contributed by atoms with Crippen molar-refractivity contribution in [1.82, 2.24) is 0 Å². The summed E-state index contributed by atoms with van der Waals surface area (Å²) in [5.41, 5.74) is 0. The third-order valence-electron chi connectivity index (χ3n) is 0.664. The molecule has 1 N–H and O–H groups in total. The Morgan fingerprint density at radius 2 is 2.12 bits per heavy atom. The summed E-state index contributed by atoms with van der Waals surface area (Å²) in [6.45, 7) is 0. The Morgan fingerprint density at radius 3 is 2.25 bits per heavy atom. The first-order valence-electron chi connectivity index (χ1n) is 2.13. The third-order valence-corrected chi connectivity index (χ3v) is 1.24. The molecule has 0 fully saturated rings. The van der Waals surface area contributed by atoms with Gasteiger partial charge in [0.1, 0.15) is 0 Å². The van der Waals surface area contributed by atoms with E-state index in [4.69, 9.17) is 15.6 Å². The number of hydrogen-bond donors (Lipinski definition) is 1. The van der Waals surface area contributed by atoms with Crippen molar-refractivity contribution in [1.29, 1.82) is 10.5 Å². The summed E-state index contributed by atoms with van der Waals surface area (Å²) in [5.74, 6) is 0. The maximum atomic E-state index is 8.80. The monoisotopic (exact) mass is 118 g/mol. The van der Waals surface area contributed by atoms with Gasteiger partial charge >= 0.3 is 65.0 Å². The van der Waals surface area contributed by atoms with Crippen molar-refractivity contribution in [2.24, 2.45) is 0 Å². The molecule has 36 valence electrons. The van der Waals surface area contributed by atoms with Crippen LogP contribution in [0, 0.1) is 22.7 Å². The predicted octanol–water partition coefficient (Wildman–Crippen LogP) is -0.719. The van der Waals surface area contributed by atoms with E-state index >= 15 is 0 Å². The van der Waals surface area contributed by atoms with Crippen molar-refractivity contribution in [3.63, 3.8) is 0 Å². The molecule has 0 amide bonds. The minimum absolute atomic E-state index is 0.0737. The van der Waals surface area contributed by atoms with Crippen LogP contribution in [0.4, 0.5) is 0 Å². The van der Waals surface area contributed by atoms with Gasteiger partial charge in [0.25, 0.3) is 0 Å². The predicted molar refractivity (Wildman–Crippen MR) is 26.5 cm³/mol. The Labute approximate surface area is 64.9 Å². The average Bonchev–Trinajstić information content (AvgIpc) is 1.67. The molecule has 0 aliphatic carbocycles. The molecular formula is C4H3N2NaO. The van der Waals surface area contributed by atoms with Crippen molar-refractivity contribution in [3.8, 4) is 12.1 Å². The van der Waals surface area contributed by atoms with Crippen LogP contribution in [0.1, 0.15) is 6.42 Å². The first-order chi connectivity index (χ1) is 3.62. The third kappa shape index (κ3) is 3.01. The molecule has 0 aliphatic rings. The second-order valence-corrected chi connectivity index (χ2v) is 3.37. The van der Waals surface area contributed by atoms with E-state index in [1.165, 1.54) is 0 Å². The minimum atomic E-state index is -1.32. The van der Waals surface area contributed by atoms with Crippen molar-refractivity contribution in [2.45, 2.75) is 9.27 Å². The molecule has 0 heterocycles. The summed E-state index contributed by atoms with van der Waals surface area (Å²) in [6, 6.07) is 3.36. The molecule has 0 radical (unpaired) electrons. The van der Waals surface area contributed by atoms with Gasteiger partial charge in [-0.05, 0) is 0 Å². The SMILES string of the molecule is N#CC[C](O)([Na])C#N. The zero-order valence-corrected chi connectivity index (χ0v) is 6.55. The van der Waals surface area contributed by atoms with Crippen molar-refractivity contribution >= 4 is 27.9 Å². The Hall–Kier alpha value is -0.0600. The van der Waals surface area contributed by atoms with Gasteiger partial charge in [0.15, 0.2) is 0 Å². The van der Waals surface area contributed by atoms with Crippen LogP contribution >= 0.6 is 0 Å². The van der Waals surface area contributed by atoms with E-state index in [2.05, 4.69) is 0 Å². The molecular weight excluding hydrogens is 115 g/mol. The van der Waals surface area contributed by atoms with E-state index in [9.17, 15) is 0 Å². The molecule has 0 spiro atoms. The fourth-order valence-electron chi connectivity index (χ4n) is 0.193. The summed E-state index contributed by atoms with van der Waals surface area (Å²) in [6.07, 6.45) is -0.0737. The molecule has 8 heavy (non-hydrogen) atoms. The van der Waals surface area contributed by atoms with Crippen molar-refractivity contribution in [2.75, 3.05) is 0 Å². The van der Waals surface area contributed by atoms with Gasteiger partial charge in [-0.3, -0.25) is 0 Å². The number of nitrogens with zero attached hydrogens (tertiary/aromatic N) is 2. The molecule has 0 rings (SSSR count). The van der Waals surface area contributed by atoms with E-state index in [0.717, 1.165) is 0 Å². The summed E-state index contributed by atoms with van der Waals surface area (Å²) >= 11 is 0.331. The molecule has 1 unspecified atom stereocenters. The molecule has 0 aromatic heterocycles. The fourth-order valence-corrected chi connectivity index (χ4v) is 0.352. The number of hydrogen-bond acceptors (Lipinski definition) is 3. The first-order valence-corrected chi connectivity index (χ1v) is 3.13. The molecule has 4 heteroatoms. The van der Waals surface area contributed by atoms with Crippen molar-refractivity contribution < 1.29 is 5.11 Å². The molecule has 0 saturated heterocycles. The average molecular weight is 118 g/mol. The van der Waals surface area contributed by atoms with E-state index in [0.29, 0.717) is 27.9 Å². The molecule has 0 bridgehead atoms. The van der Waals surface area contributed by atoms with Crippen LogP contribution in [-0.2, 0) is 0 Å². The Bertz CT molecular complexity index is 152. The summed E-state index contributed by atoms with van der Waals surface area (Å²) < 4.78 is -1.32. The zero-order chi connectivity index (χ0) is 6.62. The van der Waals surface area contributed by atoms with Gasteiger partial charge in [0.2, 0.25) is 0 Å². The zero-order valence-electron chi connectivity index (χ0n) is 4.55. The second-order valence-electron chi connectivity index (χ2n) is 1.72. The quantitative estimate of drug-likeness (QED) is 0.365. The molecule has 3 nitrogen and oxygen atoms in total. The molecule has 0 aromatic carbocycles. The first kappa shape index (κ1) is 7.94. The van der Waals surface area contributed by atoms with Gasteiger partial charge in [0, 0.05) is 0 Å². The van der Waals surface area contributed by atoms with Crippen LogP contribution in [0.2, 0.25) is 0 Å². The van der Waals surface area contributed by atoms with Gasteiger partial charge < -0.3 is 0 Å². The second kappa shape index (κ2) is 3.06. The van der Waals surface area contributed by atoms with E-state index < -0.39 is 2.85 Å². The molecule has 0 aliphatic heterocycles. The summed E-state index contributed by atoms with van der Waals surface area (Å²) in [4.78, 5) is 0. The van der Waals surface area contributed by atoms with E-state index in [1.807, 2.05) is 0 Å². The molecule has 0 aromatic rings. The van der Waals surface area contributed by atoms with Gasteiger partial charge in [0.05, 0.1) is 0 Å². The summed E-state index contributed by atoms with van der Waals surface area (Å²) in [7, 11) is 0. The molecule has 1 atom stereocenters. The van der Waals surface area contributed by atoms with Gasteiger partial charge in [-0.2, -0.15) is 0 Å². The van der Waals surface area contributed by atoms with E-state index in [1.54, 1.807) is 12.1 Å². The number of nitriles is 2. The fraction of sp³-hybridized carbons (Fsp3) is 0.500. The van der Waals surface area contributed by atoms with Crippen LogP contribution in [0.25, 0.3) is 0 Å². The Kier molecular flexibility index (Phi) is 3.04. The Morgan fingerprint density at radius 1 is 1.62 bits per heavy atom. The van der Waals surface area contributed by atoms with Crippen LogP contribution in [0.3, 0.4) is 0 Å². The van der Waals surface area contributed by atoms with Gasteiger partial charge in [-0.25, -0.2) is 0 Å². The van der Waals surface area contributed by atoms with Crippen molar-refractivity contribution in [3.05, 3.63) is 0 Å². The normalized spacial score (nSPS) is 15.6. The summed E-state index contributed by atoms with van der Waals surface area (Å²) in [5, 5.41) is 24.9. The van der Waals surface area contributed by atoms with Crippen LogP contribution in [-0.4, -0.2) is 35.9 Å². The van der Waals surface area contributed by atoms with Gasteiger partial charge in [-0.1, -0.05) is 0 Å².